The topological polar surface area (TPSA) is 104 Å². The van der Waals surface area contributed by atoms with Gasteiger partial charge in [-0.1, -0.05) is 35.3 Å². The fourth-order valence-electron chi connectivity index (χ4n) is 1.30. The van der Waals surface area contributed by atoms with Gasteiger partial charge < -0.3 is 22.9 Å². The Morgan fingerprint density at radius 3 is 1.74 bits per heavy atom. The molecule has 4 nitrogen and oxygen atoms in total. The molecule has 0 radical (unpaired) electrons. The maximum absolute atomic E-state index is 5.62. The summed E-state index contributed by atoms with van der Waals surface area (Å²) in [5, 5.41) is 0.865. The minimum absolute atomic E-state index is 0.432. The highest BCUT2D eigenvalue weighted by Crippen LogP contribution is 2.28. The number of hydrogen-bond donors (Lipinski definition) is 4. The molecule has 2 aromatic rings. The van der Waals surface area contributed by atoms with Crippen LogP contribution in [0.5, 0.6) is 0 Å². The van der Waals surface area contributed by atoms with E-state index in [4.69, 9.17) is 46.1 Å². The summed E-state index contributed by atoms with van der Waals surface area (Å²) >= 11 is 11.2. The van der Waals surface area contributed by atoms with Crippen LogP contribution in [0.4, 0.5) is 17.1 Å². The van der Waals surface area contributed by atoms with Gasteiger partial charge in [-0.3, -0.25) is 0 Å². The molecule has 2 aromatic carbocycles. The van der Waals surface area contributed by atoms with Crippen molar-refractivity contribution < 1.29 is 0 Å². The Balaban J connectivity index is 0.000000191. The van der Waals surface area contributed by atoms with E-state index in [1.54, 1.807) is 0 Å². The lowest BCUT2D eigenvalue weighted by Gasteiger charge is -2.00. The zero-order chi connectivity index (χ0) is 14.4. The number of benzene rings is 2. The molecule has 0 spiro atoms. The summed E-state index contributed by atoms with van der Waals surface area (Å²) < 4.78 is 0. The molecule has 0 unspecified atom stereocenters. The fourth-order valence-corrected chi connectivity index (χ4v) is 1.64. The second-order valence-electron chi connectivity index (χ2n) is 3.84. The van der Waals surface area contributed by atoms with Gasteiger partial charge in [0, 0.05) is 12.2 Å². The number of anilines is 3. The SMILES string of the molecule is NCc1cccc(N)c1.Nc1cc(Cl)c(N)cc1Cl. The molecule has 2 rings (SSSR count). The molecular weight excluding hydrogens is 283 g/mol. The van der Waals surface area contributed by atoms with Crippen LogP contribution in [-0.2, 0) is 6.54 Å². The van der Waals surface area contributed by atoms with Gasteiger partial charge in [-0.05, 0) is 29.8 Å². The van der Waals surface area contributed by atoms with Crippen molar-refractivity contribution in [3.63, 3.8) is 0 Å². The Labute approximate surface area is 122 Å². The third-order valence-corrected chi connectivity index (χ3v) is 2.96. The third kappa shape index (κ3) is 4.87. The average molecular weight is 299 g/mol. The second kappa shape index (κ2) is 7.09. The van der Waals surface area contributed by atoms with Crippen molar-refractivity contribution in [3.05, 3.63) is 52.0 Å². The van der Waals surface area contributed by atoms with Gasteiger partial charge in [0.25, 0.3) is 0 Å². The predicted octanol–water partition coefficient (Wildman–Crippen LogP) is 2.89. The molecule has 0 saturated carbocycles. The van der Waals surface area contributed by atoms with Gasteiger partial charge in [0.2, 0.25) is 0 Å². The molecule has 0 saturated heterocycles. The second-order valence-corrected chi connectivity index (χ2v) is 4.66. The Bertz CT molecular complexity index is 508. The molecule has 19 heavy (non-hydrogen) atoms. The Kier molecular flexibility index (Phi) is 5.76. The number of rotatable bonds is 1. The van der Waals surface area contributed by atoms with Crippen molar-refractivity contribution >= 4 is 40.3 Å². The van der Waals surface area contributed by atoms with E-state index < -0.39 is 0 Å². The zero-order valence-electron chi connectivity index (χ0n) is 10.2. The van der Waals surface area contributed by atoms with Crippen molar-refractivity contribution in [3.8, 4) is 0 Å². The highest BCUT2D eigenvalue weighted by atomic mass is 35.5. The lowest BCUT2D eigenvalue weighted by atomic mass is 10.2. The van der Waals surface area contributed by atoms with E-state index in [1.165, 1.54) is 12.1 Å². The molecule has 102 valence electrons. The van der Waals surface area contributed by atoms with Gasteiger partial charge >= 0.3 is 0 Å². The number of halogens is 2. The summed E-state index contributed by atoms with van der Waals surface area (Å²) in [5.41, 5.74) is 24.4. The monoisotopic (exact) mass is 298 g/mol. The molecule has 0 aromatic heterocycles. The van der Waals surface area contributed by atoms with Crippen LogP contribution in [0.15, 0.2) is 36.4 Å². The van der Waals surface area contributed by atoms with Crippen molar-refractivity contribution in [1.29, 1.82) is 0 Å². The number of hydrogen-bond acceptors (Lipinski definition) is 4. The lowest BCUT2D eigenvalue weighted by molar-refractivity contribution is 1.07. The summed E-state index contributed by atoms with van der Waals surface area (Å²) in [6.45, 7) is 0.561. The van der Waals surface area contributed by atoms with Crippen LogP contribution < -0.4 is 22.9 Å². The number of nitrogens with two attached hydrogens (primary N) is 4. The van der Waals surface area contributed by atoms with E-state index in [1.807, 2.05) is 24.3 Å². The van der Waals surface area contributed by atoms with E-state index >= 15 is 0 Å². The zero-order valence-corrected chi connectivity index (χ0v) is 11.7. The largest absolute Gasteiger partial charge is 0.399 e. The molecule has 0 aliphatic rings. The van der Waals surface area contributed by atoms with Crippen LogP contribution in [0, 0.1) is 0 Å². The average Bonchev–Trinajstić information content (AvgIpc) is 2.37. The summed E-state index contributed by atoms with van der Waals surface area (Å²) in [6, 6.07) is 10.6. The van der Waals surface area contributed by atoms with Gasteiger partial charge in [0.1, 0.15) is 0 Å². The normalized spacial score (nSPS) is 9.63. The quantitative estimate of drug-likeness (QED) is 0.608. The van der Waals surface area contributed by atoms with Crippen LogP contribution in [0.2, 0.25) is 10.0 Å². The van der Waals surface area contributed by atoms with Gasteiger partial charge in [-0.2, -0.15) is 0 Å². The van der Waals surface area contributed by atoms with Gasteiger partial charge in [-0.25, -0.2) is 0 Å². The van der Waals surface area contributed by atoms with Crippen molar-refractivity contribution in [2.45, 2.75) is 6.54 Å². The minimum Gasteiger partial charge on any atom is -0.399 e. The molecular formula is C13H16Cl2N4. The third-order valence-electron chi connectivity index (χ3n) is 2.30. The number of nitrogen functional groups attached to an aromatic ring is 3. The van der Waals surface area contributed by atoms with E-state index in [0.29, 0.717) is 28.0 Å². The van der Waals surface area contributed by atoms with E-state index in [0.717, 1.165) is 11.3 Å². The Morgan fingerprint density at radius 1 is 0.842 bits per heavy atom. The summed E-state index contributed by atoms with van der Waals surface area (Å²) in [5.74, 6) is 0. The lowest BCUT2D eigenvalue weighted by Crippen LogP contribution is -1.96. The van der Waals surface area contributed by atoms with Crippen LogP contribution in [-0.4, -0.2) is 0 Å². The van der Waals surface area contributed by atoms with Crippen LogP contribution in [0.1, 0.15) is 5.56 Å². The standard InChI is InChI=1S/C7H10N2.C6H6Cl2N2/c8-5-6-2-1-3-7(9)4-6;7-3-1-5(9)4(8)2-6(3)10/h1-4H,5,8-9H2;1-2H,9-10H2. The van der Waals surface area contributed by atoms with Gasteiger partial charge in [0.15, 0.2) is 0 Å². The molecule has 0 bridgehead atoms. The van der Waals surface area contributed by atoms with Crippen LogP contribution in [0.3, 0.4) is 0 Å². The van der Waals surface area contributed by atoms with Crippen LogP contribution >= 0.6 is 23.2 Å². The summed E-state index contributed by atoms with van der Waals surface area (Å²) in [6.07, 6.45) is 0. The molecule has 0 aliphatic heterocycles. The molecule has 0 atom stereocenters. The van der Waals surface area contributed by atoms with Gasteiger partial charge in [-0.15, -0.1) is 0 Å². The van der Waals surface area contributed by atoms with Crippen molar-refractivity contribution in [2.24, 2.45) is 5.73 Å². The maximum Gasteiger partial charge on any atom is 0.0656 e. The van der Waals surface area contributed by atoms with Gasteiger partial charge in [0.05, 0.1) is 21.4 Å². The van der Waals surface area contributed by atoms with E-state index in [-0.39, 0.29) is 0 Å². The molecule has 6 heteroatoms. The maximum atomic E-state index is 5.62. The van der Waals surface area contributed by atoms with E-state index in [9.17, 15) is 0 Å². The first-order valence-electron chi connectivity index (χ1n) is 5.48. The van der Waals surface area contributed by atoms with Crippen LogP contribution in [0.25, 0.3) is 0 Å². The van der Waals surface area contributed by atoms with Crippen molar-refractivity contribution in [1.82, 2.24) is 0 Å². The Hall–Kier alpha value is -1.62. The first kappa shape index (κ1) is 15.4. The smallest absolute Gasteiger partial charge is 0.0656 e. The summed E-state index contributed by atoms with van der Waals surface area (Å²) in [4.78, 5) is 0. The molecule has 0 fully saturated rings. The van der Waals surface area contributed by atoms with E-state index in [2.05, 4.69) is 0 Å². The Morgan fingerprint density at radius 2 is 1.37 bits per heavy atom. The molecule has 0 amide bonds. The first-order valence-corrected chi connectivity index (χ1v) is 6.24. The first-order chi connectivity index (χ1) is 8.93. The highest BCUT2D eigenvalue weighted by Gasteiger charge is 2.00. The fraction of sp³-hybridized carbons (Fsp3) is 0.0769. The predicted molar refractivity (Wildman–Crippen MR) is 84.0 cm³/mol. The molecule has 8 N–H and O–H groups in total. The molecule has 0 heterocycles. The minimum atomic E-state index is 0.432. The van der Waals surface area contributed by atoms with Crippen molar-refractivity contribution in [2.75, 3.05) is 17.2 Å². The molecule has 0 aliphatic carbocycles. The summed E-state index contributed by atoms with van der Waals surface area (Å²) in [7, 11) is 0. The highest BCUT2D eigenvalue weighted by molar-refractivity contribution is 6.36.